The van der Waals surface area contributed by atoms with Crippen molar-refractivity contribution in [2.75, 3.05) is 62.7 Å². The van der Waals surface area contributed by atoms with Crippen LogP contribution >= 0.6 is 0 Å². The minimum atomic E-state index is -1.000. The maximum Gasteiger partial charge on any atom is 0.328 e. The van der Waals surface area contributed by atoms with Crippen LogP contribution in [0.5, 0.6) is 6.01 Å². The Labute approximate surface area is 268 Å². The number of likely N-dealkylation sites (N-methyl/N-ethyl adjacent to an activating group) is 1. The second-order valence-corrected chi connectivity index (χ2v) is 12.9. The van der Waals surface area contributed by atoms with Gasteiger partial charge in [0, 0.05) is 48.9 Å². The van der Waals surface area contributed by atoms with Gasteiger partial charge in [-0.3, -0.25) is 0 Å². The lowest BCUT2D eigenvalue weighted by molar-refractivity contribution is -0.137. The SMILES string of the molecule is Cc1cccc2cccc(N3CCc4c(nc(OC[C@@H]5CCCN5C)nc4N4CCN(C(=O)N5C[C@H]5C(=O)O)[C@@H](CC#N)C4)C3)c12. The molecule has 4 aliphatic rings. The number of carbonyl (C=O) groups excluding carboxylic acids is 1. The molecule has 3 saturated heterocycles. The number of carboxylic acid groups (broad SMARTS) is 1. The zero-order valence-electron chi connectivity index (χ0n) is 26.4. The summed E-state index contributed by atoms with van der Waals surface area (Å²) in [5.41, 5.74) is 4.43. The number of hydrogen-bond acceptors (Lipinski definition) is 9. The molecule has 3 atom stereocenters. The van der Waals surface area contributed by atoms with E-state index in [-0.39, 0.29) is 25.0 Å². The molecule has 0 spiro atoms. The fourth-order valence-corrected chi connectivity index (χ4v) is 7.36. The highest BCUT2D eigenvalue weighted by Gasteiger charge is 2.48. The van der Waals surface area contributed by atoms with Crippen molar-refractivity contribution in [2.45, 2.75) is 57.3 Å². The van der Waals surface area contributed by atoms with Gasteiger partial charge in [0.15, 0.2) is 0 Å². The normalized spacial score (nSPS) is 22.9. The lowest BCUT2D eigenvalue weighted by Crippen LogP contribution is -2.57. The van der Waals surface area contributed by atoms with Crippen LogP contribution in [-0.4, -0.2) is 113 Å². The number of amides is 2. The van der Waals surface area contributed by atoms with Crippen molar-refractivity contribution in [1.82, 2.24) is 24.7 Å². The Bertz CT molecular complexity index is 1700. The van der Waals surface area contributed by atoms with Gasteiger partial charge in [0.2, 0.25) is 0 Å². The van der Waals surface area contributed by atoms with Gasteiger partial charge in [-0.1, -0.05) is 30.3 Å². The van der Waals surface area contributed by atoms with Gasteiger partial charge < -0.3 is 34.3 Å². The van der Waals surface area contributed by atoms with E-state index in [1.807, 2.05) is 0 Å². The third-order valence-electron chi connectivity index (χ3n) is 10.0. The van der Waals surface area contributed by atoms with Gasteiger partial charge in [0.25, 0.3) is 0 Å². The molecule has 0 saturated carbocycles. The third kappa shape index (κ3) is 5.64. The van der Waals surface area contributed by atoms with Crippen molar-refractivity contribution in [3.63, 3.8) is 0 Å². The quantitative estimate of drug-likeness (QED) is 0.391. The first-order chi connectivity index (χ1) is 22.3. The van der Waals surface area contributed by atoms with Gasteiger partial charge in [-0.15, -0.1) is 0 Å². The van der Waals surface area contributed by atoms with E-state index in [1.165, 1.54) is 26.9 Å². The number of benzene rings is 2. The molecule has 1 aromatic heterocycles. The van der Waals surface area contributed by atoms with Crippen LogP contribution in [0.3, 0.4) is 0 Å². The zero-order valence-corrected chi connectivity index (χ0v) is 26.4. The molecular formula is C34H40N8O4. The van der Waals surface area contributed by atoms with Gasteiger partial charge in [-0.05, 0) is 56.8 Å². The number of fused-ring (bicyclic) bond motifs is 2. The molecule has 0 radical (unpaired) electrons. The fourth-order valence-electron chi connectivity index (χ4n) is 7.36. The van der Waals surface area contributed by atoms with Crippen LogP contribution in [0.1, 0.15) is 36.1 Å². The highest BCUT2D eigenvalue weighted by Crippen LogP contribution is 2.36. The first-order valence-electron chi connectivity index (χ1n) is 16.2. The van der Waals surface area contributed by atoms with Gasteiger partial charge in [-0.2, -0.15) is 15.2 Å². The monoisotopic (exact) mass is 624 g/mol. The standard InChI is InChI=1S/C34H40N8O4/c1-22-6-3-7-23-8-4-10-28(30(22)23)39-15-12-26-27(19-39)36-33(46-21-25-9-5-14-38(25)2)37-31(26)40-16-17-41(24(18-40)11-13-35)34(45)42-20-29(42)32(43)44/h3-4,6-8,10,24-25,29H,5,9,11-12,14-21H2,1-2H3,(H,43,44)/t24-,25-,29-,42?/m0/s1. The highest BCUT2D eigenvalue weighted by atomic mass is 16.5. The van der Waals surface area contributed by atoms with E-state index >= 15 is 0 Å². The molecule has 0 bridgehead atoms. The molecule has 1 N–H and O–H groups in total. The fraction of sp³-hybridized carbons (Fsp3) is 0.500. The molecule has 5 heterocycles. The number of rotatable bonds is 7. The van der Waals surface area contributed by atoms with Crippen molar-refractivity contribution in [3.8, 4) is 12.1 Å². The maximum atomic E-state index is 13.2. The first kappa shape index (κ1) is 30.0. The van der Waals surface area contributed by atoms with Crippen molar-refractivity contribution < 1.29 is 19.4 Å². The number of piperazine rings is 1. The highest BCUT2D eigenvalue weighted by molar-refractivity contribution is 5.97. The van der Waals surface area contributed by atoms with Gasteiger partial charge in [-0.25, -0.2) is 9.59 Å². The lowest BCUT2D eigenvalue weighted by atomic mass is 9.99. The molecule has 2 amide bonds. The first-order valence-corrected chi connectivity index (χ1v) is 16.2. The number of likely N-dealkylation sites (tertiary alicyclic amines) is 1. The Morgan fingerprint density at radius 2 is 1.85 bits per heavy atom. The zero-order chi connectivity index (χ0) is 31.9. The summed E-state index contributed by atoms with van der Waals surface area (Å²) in [6.07, 6.45) is 3.11. The second kappa shape index (κ2) is 12.3. The van der Waals surface area contributed by atoms with Crippen LogP contribution in [0.25, 0.3) is 10.8 Å². The van der Waals surface area contributed by atoms with Crippen molar-refractivity contribution >= 4 is 34.3 Å². The number of aromatic nitrogens is 2. The number of nitrogens with zero attached hydrogens (tertiary/aromatic N) is 8. The molecule has 2 aromatic carbocycles. The Balaban J connectivity index is 1.19. The van der Waals surface area contributed by atoms with Crippen molar-refractivity contribution in [2.24, 2.45) is 0 Å². The number of anilines is 2. The molecular weight excluding hydrogens is 584 g/mol. The molecule has 3 fully saturated rings. The Morgan fingerprint density at radius 1 is 1.02 bits per heavy atom. The minimum Gasteiger partial charge on any atom is -0.480 e. The molecule has 7 rings (SSSR count). The number of carbonyl (C=O) groups is 2. The predicted octanol–water partition coefficient (Wildman–Crippen LogP) is 3.27. The number of carboxylic acids is 1. The summed E-state index contributed by atoms with van der Waals surface area (Å²) in [7, 11) is 2.12. The van der Waals surface area contributed by atoms with Crippen LogP contribution in [0.2, 0.25) is 0 Å². The van der Waals surface area contributed by atoms with E-state index in [9.17, 15) is 20.0 Å². The lowest BCUT2D eigenvalue weighted by Gasteiger charge is -2.42. The maximum absolute atomic E-state index is 13.2. The third-order valence-corrected chi connectivity index (χ3v) is 10.0. The Morgan fingerprint density at radius 3 is 2.59 bits per heavy atom. The molecule has 3 aromatic rings. The van der Waals surface area contributed by atoms with Crippen LogP contribution < -0.4 is 14.5 Å². The van der Waals surface area contributed by atoms with E-state index in [0.29, 0.717) is 44.8 Å². The van der Waals surface area contributed by atoms with Gasteiger partial charge in [0.1, 0.15) is 18.5 Å². The van der Waals surface area contributed by atoms with E-state index in [1.54, 1.807) is 4.90 Å². The minimum absolute atomic E-state index is 0.146. The number of hydrogen-bond donors (Lipinski definition) is 1. The predicted molar refractivity (Wildman–Crippen MR) is 173 cm³/mol. The van der Waals surface area contributed by atoms with Crippen molar-refractivity contribution in [3.05, 3.63) is 53.2 Å². The van der Waals surface area contributed by atoms with E-state index < -0.39 is 12.0 Å². The molecule has 0 aliphatic carbocycles. The van der Waals surface area contributed by atoms with E-state index in [2.05, 4.69) is 71.1 Å². The number of ether oxygens (including phenoxy) is 1. The molecule has 46 heavy (non-hydrogen) atoms. The molecule has 240 valence electrons. The molecule has 0 unspecified atom stereocenters. The topological polar surface area (TPSA) is 129 Å². The average molecular weight is 625 g/mol. The number of aliphatic carboxylic acids is 1. The summed E-state index contributed by atoms with van der Waals surface area (Å²) in [4.78, 5) is 44.5. The van der Waals surface area contributed by atoms with E-state index in [0.717, 1.165) is 49.4 Å². The molecule has 12 heteroatoms. The number of nitriles is 1. The molecule has 4 aliphatic heterocycles. The molecule has 12 nitrogen and oxygen atoms in total. The summed E-state index contributed by atoms with van der Waals surface area (Å²) in [6.45, 7) is 6.65. The summed E-state index contributed by atoms with van der Waals surface area (Å²) >= 11 is 0. The van der Waals surface area contributed by atoms with E-state index in [4.69, 9.17) is 14.7 Å². The van der Waals surface area contributed by atoms with Gasteiger partial charge in [0.05, 0.1) is 37.3 Å². The van der Waals surface area contributed by atoms with Crippen molar-refractivity contribution in [1.29, 1.82) is 5.26 Å². The van der Waals surface area contributed by atoms with Crippen LogP contribution in [-0.2, 0) is 17.8 Å². The average Bonchev–Trinajstić information content (AvgIpc) is 3.77. The Hall–Kier alpha value is -4.63. The number of aryl methyl sites for hydroxylation is 1. The number of urea groups is 1. The smallest absolute Gasteiger partial charge is 0.328 e. The van der Waals surface area contributed by atoms with Gasteiger partial charge >= 0.3 is 18.0 Å². The second-order valence-electron chi connectivity index (χ2n) is 12.9. The summed E-state index contributed by atoms with van der Waals surface area (Å²) < 4.78 is 6.31. The summed E-state index contributed by atoms with van der Waals surface area (Å²) in [6, 6.07) is 14.3. The largest absolute Gasteiger partial charge is 0.480 e. The van der Waals surface area contributed by atoms with Crippen LogP contribution in [0, 0.1) is 18.3 Å². The van der Waals surface area contributed by atoms with Crippen LogP contribution in [0.15, 0.2) is 36.4 Å². The summed E-state index contributed by atoms with van der Waals surface area (Å²) in [5, 5.41) is 21.5. The Kier molecular flexibility index (Phi) is 8.02. The van der Waals surface area contributed by atoms with Crippen LogP contribution in [0.4, 0.5) is 16.3 Å². The summed E-state index contributed by atoms with van der Waals surface area (Å²) in [5.74, 6) is -0.195.